The molecule has 6 rings (SSSR count). The smallest absolute Gasteiger partial charge is 0.243 e. The average Bonchev–Trinajstić information content (AvgIpc) is 3.47. The van der Waals surface area contributed by atoms with E-state index in [0.717, 1.165) is 62.5 Å². The molecule has 2 aliphatic heterocycles. The molecule has 216 valence electrons. The minimum Gasteiger partial charge on any atom is -0.496 e. The van der Waals surface area contributed by atoms with Gasteiger partial charge in [0.05, 0.1) is 30.9 Å². The summed E-state index contributed by atoms with van der Waals surface area (Å²) < 4.78 is 40.0. The molecule has 1 aromatic heterocycles. The number of nitrogens with one attached hydrogen (secondary N) is 1. The summed E-state index contributed by atoms with van der Waals surface area (Å²) in [6.45, 7) is 4.48. The Balaban J connectivity index is 1.17. The maximum atomic E-state index is 13.6. The van der Waals surface area contributed by atoms with Gasteiger partial charge in [-0.25, -0.2) is 8.42 Å². The first-order chi connectivity index (χ1) is 19.5. The Morgan fingerprint density at radius 2 is 1.80 bits per heavy atom. The predicted octanol–water partition coefficient (Wildman–Crippen LogP) is 4.48. The molecule has 0 spiro atoms. The molecule has 2 aliphatic carbocycles. The van der Waals surface area contributed by atoms with Crippen LogP contribution in [0, 0.1) is 0 Å². The minimum atomic E-state index is -3.59. The average molecular weight is 567 g/mol. The van der Waals surface area contributed by atoms with E-state index in [1.165, 1.54) is 43.4 Å². The van der Waals surface area contributed by atoms with Crippen molar-refractivity contribution in [1.82, 2.24) is 14.2 Å². The highest BCUT2D eigenvalue weighted by Gasteiger charge is 2.32. The monoisotopic (exact) mass is 566 g/mol. The first-order valence-electron chi connectivity index (χ1n) is 15.0. The third-order valence-electron chi connectivity index (χ3n) is 9.00. The number of fused-ring (bicyclic) bond motifs is 1. The maximum absolute atomic E-state index is 13.6. The van der Waals surface area contributed by atoms with Gasteiger partial charge in [0.15, 0.2) is 0 Å². The summed E-state index contributed by atoms with van der Waals surface area (Å²) >= 11 is 0. The van der Waals surface area contributed by atoms with Crippen molar-refractivity contribution in [2.75, 3.05) is 51.8 Å². The van der Waals surface area contributed by atoms with Crippen LogP contribution in [0.3, 0.4) is 0 Å². The summed E-state index contributed by atoms with van der Waals surface area (Å²) in [5.41, 5.74) is 5.39. The molecule has 4 aliphatic rings. The first kappa shape index (κ1) is 27.7. The van der Waals surface area contributed by atoms with E-state index in [1.54, 1.807) is 23.5 Å². The van der Waals surface area contributed by atoms with Gasteiger partial charge in [-0.05, 0) is 37.8 Å². The van der Waals surface area contributed by atoms with E-state index in [0.29, 0.717) is 42.2 Å². The van der Waals surface area contributed by atoms with Crippen molar-refractivity contribution in [3.05, 3.63) is 52.9 Å². The number of hydrogen-bond acceptors (Lipinski definition) is 7. The van der Waals surface area contributed by atoms with Gasteiger partial charge in [0, 0.05) is 79.7 Å². The molecule has 0 unspecified atom stereocenters. The quantitative estimate of drug-likeness (QED) is 0.504. The topological polar surface area (TPSA) is 84.0 Å². The Morgan fingerprint density at radius 3 is 2.55 bits per heavy atom. The number of anilines is 1. The molecule has 0 bridgehead atoms. The molecule has 9 heteroatoms. The number of piperidine rings is 1. The van der Waals surface area contributed by atoms with Crippen molar-refractivity contribution in [2.24, 2.45) is 0 Å². The molecule has 3 fully saturated rings. The number of aromatic nitrogens is 1. The number of benzene rings is 1. The number of hydrogen-bond donors (Lipinski definition) is 1. The molecule has 0 amide bonds. The lowest BCUT2D eigenvalue weighted by molar-refractivity contribution is 0.00610. The third kappa shape index (κ3) is 5.93. The first-order valence-corrected chi connectivity index (χ1v) is 16.4. The Kier molecular flexibility index (Phi) is 8.44. The summed E-state index contributed by atoms with van der Waals surface area (Å²) in [6, 6.07) is 8.44. The van der Waals surface area contributed by atoms with E-state index in [2.05, 4.69) is 28.4 Å². The van der Waals surface area contributed by atoms with Gasteiger partial charge in [-0.2, -0.15) is 4.31 Å². The van der Waals surface area contributed by atoms with E-state index < -0.39 is 10.0 Å². The Bertz CT molecular complexity index is 1330. The lowest BCUT2D eigenvalue weighted by atomic mass is 9.95. The van der Waals surface area contributed by atoms with Gasteiger partial charge < -0.3 is 14.8 Å². The van der Waals surface area contributed by atoms with E-state index in [-0.39, 0.29) is 0 Å². The van der Waals surface area contributed by atoms with Crippen LogP contribution in [-0.2, 0) is 27.6 Å². The molecule has 0 radical (unpaired) electrons. The zero-order valence-electron chi connectivity index (χ0n) is 23.6. The molecule has 1 aromatic carbocycles. The minimum absolute atomic E-state index is 0.295. The van der Waals surface area contributed by atoms with Gasteiger partial charge in [-0.3, -0.25) is 9.88 Å². The number of ether oxygens (including phenoxy) is 2. The highest BCUT2D eigenvalue weighted by Crippen LogP contribution is 2.33. The number of rotatable bonds is 8. The van der Waals surface area contributed by atoms with Gasteiger partial charge in [-0.1, -0.05) is 37.5 Å². The zero-order chi connectivity index (χ0) is 27.5. The van der Waals surface area contributed by atoms with Crippen molar-refractivity contribution in [3.63, 3.8) is 0 Å². The number of allylic oxidation sites excluding steroid dienone is 1. The second-order valence-electron chi connectivity index (χ2n) is 11.5. The molecule has 3 heterocycles. The summed E-state index contributed by atoms with van der Waals surface area (Å²) in [5, 5.41) is 3.81. The fourth-order valence-electron chi connectivity index (χ4n) is 6.74. The van der Waals surface area contributed by atoms with Crippen LogP contribution in [0.25, 0.3) is 6.08 Å². The number of nitrogens with zero attached hydrogens (tertiary/aromatic N) is 3. The van der Waals surface area contributed by atoms with Gasteiger partial charge in [0.1, 0.15) is 5.75 Å². The molecule has 40 heavy (non-hydrogen) atoms. The van der Waals surface area contributed by atoms with Crippen LogP contribution in [0.5, 0.6) is 5.75 Å². The van der Waals surface area contributed by atoms with Crippen LogP contribution >= 0.6 is 0 Å². The lowest BCUT2D eigenvalue weighted by Gasteiger charge is -2.39. The standard InChI is InChI=1S/C31H42N4O4S/c1-38-31-22-27(40(36,37)35-14-12-26(13-15-35)34-16-18-39-19-17-34)11-10-23(31)20-25-21-30(28-8-5-9-29(28)33-25)32-24-6-3-2-4-7-24/h5,8,10-11,21-22,24,26H,2-4,6-7,9,12-20H2,1H3,(H,32,33). The van der Waals surface area contributed by atoms with Crippen LogP contribution in [0.15, 0.2) is 35.2 Å². The largest absolute Gasteiger partial charge is 0.496 e. The fraction of sp³-hybridized carbons (Fsp3) is 0.581. The lowest BCUT2D eigenvalue weighted by Crippen LogP contribution is -2.50. The van der Waals surface area contributed by atoms with Gasteiger partial charge in [0.2, 0.25) is 10.0 Å². The second kappa shape index (κ2) is 12.2. The van der Waals surface area contributed by atoms with Crippen molar-refractivity contribution < 1.29 is 17.9 Å². The summed E-state index contributed by atoms with van der Waals surface area (Å²) in [7, 11) is -1.98. The predicted molar refractivity (Wildman–Crippen MR) is 157 cm³/mol. The van der Waals surface area contributed by atoms with Gasteiger partial charge >= 0.3 is 0 Å². The number of morpholine rings is 1. The molecule has 0 atom stereocenters. The highest BCUT2D eigenvalue weighted by atomic mass is 32.2. The summed E-state index contributed by atoms with van der Waals surface area (Å²) in [4.78, 5) is 7.72. The number of methoxy groups -OCH3 is 1. The normalized spacial score (nSPS) is 21.4. The third-order valence-corrected chi connectivity index (χ3v) is 10.9. The summed E-state index contributed by atoms with van der Waals surface area (Å²) in [5.74, 6) is 0.589. The van der Waals surface area contributed by atoms with Crippen molar-refractivity contribution >= 4 is 21.8 Å². The van der Waals surface area contributed by atoms with Crippen molar-refractivity contribution in [2.45, 2.75) is 74.8 Å². The SMILES string of the molecule is COc1cc(S(=O)(=O)N2CCC(N3CCOCC3)CC2)ccc1Cc1cc(NC2CCCCC2)c2c(n1)CC=C2. The van der Waals surface area contributed by atoms with Crippen LogP contribution in [0.2, 0.25) is 0 Å². The molecule has 8 nitrogen and oxygen atoms in total. The second-order valence-corrected chi connectivity index (χ2v) is 13.5. The Morgan fingerprint density at radius 1 is 1.02 bits per heavy atom. The van der Waals surface area contributed by atoms with Crippen LogP contribution < -0.4 is 10.1 Å². The fourth-order valence-corrected chi connectivity index (χ4v) is 8.22. The van der Waals surface area contributed by atoms with Crippen LogP contribution in [0.4, 0.5) is 5.69 Å². The number of sulfonamides is 1. The van der Waals surface area contributed by atoms with Crippen molar-refractivity contribution in [3.8, 4) is 5.75 Å². The molecule has 2 aromatic rings. The number of pyridine rings is 1. The molecule has 1 saturated carbocycles. The van der Waals surface area contributed by atoms with Gasteiger partial charge in [0.25, 0.3) is 0 Å². The molecular formula is C31H42N4O4S. The molecule has 1 N–H and O–H groups in total. The van der Waals surface area contributed by atoms with E-state index >= 15 is 0 Å². The Hall–Kier alpha value is -2.46. The molecule has 2 saturated heterocycles. The zero-order valence-corrected chi connectivity index (χ0v) is 24.4. The highest BCUT2D eigenvalue weighted by molar-refractivity contribution is 7.89. The van der Waals surface area contributed by atoms with E-state index in [1.807, 2.05) is 6.07 Å². The van der Waals surface area contributed by atoms with Gasteiger partial charge in [-0.15, -0.1) is 0 Å². The van der Waals surface area contributed by atoms with E-state index in [4.69, 9.17) is 14.5 Å². The van der Waals surface area contributed by atoms with Crippen molar-refractivity contribution in [1.29, 1.82) is 0 Å². The Labute approximate surface area is 238 Å². The maximum Gasteiger partial charge on any atom is 0.243 e. The van der Waals surface area contributed by atoms with E-state index in [9.17, 15) is 8.42 Å². The summed E-state index contributed by atoms with van der Waals surface area (Å²) in [6.07, 6.45) is 13.8. The van der Waals surface area contributed by atoms with Crippen LogP contribution in [-0.4, -0.2) is 81.2 Å². The molecular weight excluding hydrogens is 524 g/mol. The van der Waals surface area contributed by atoms with Crippen LogP contribution in [0.1, 0.15) is 67.5 Å².